The summed E-state index contributed by atoms with van der Waals surface area (Å²) in [5, 5.41) is 4.89. The average Bonchev–Trinajstić information content (AvgIpc) is 2.93. The van der Waals surface area contributed by atoms with E-state index in [1.54, 1.807) is 42.5 Å². The van der Waals surface area contributed by atoms with Crippen molar-refractivity contribution in [1.82, 2.24) is 0 Å². The van der Waals surface area contributed by atoms with Crippen LogP contribution in [0, 0.1) is 5.82 Å². The lowest BCUT2D eigenvalue weighted by Crippen LogP contribution is -2.19. The lowest BCUT2D eigenvalue weighted by molar-refractivity contribution is -0.115. The predicted molar refractivity (Wildman–Crippen MR) is 152 cm³/mol. The second-order valence-corrected chi connectivity index (χ2v) is 10.1. The first-order chi connectivity index (χ1) is 18.4. The molecule has 2 amide bonds. The van der Waals surface area contributed by atoms with Gasteiger partial charge in [0.05, 0.1) is 19.9 Å². The van der Waals surface area contributed by atoms with Crippen molar-refractivity contribution in [2.45, 2.75) is 10.1 Å². The van der Waals surface area contributed by atoms with Crippen molar-refractivity contribution in [3.8, 4) is 11.5 Å². The van der Waals surface area contributed by atoms with Crippen LogP contribution in [0.15, 0.2) is 100 Å². The Morgan fingerprint density at radius 2 is 1.53 bits per heavy atom. The molecule has 0 aliphatic carbocycles. The molecule has 0 saturated carbocycles. The van der Waals surface area contributed by atoms with E-state index in [1.165, 1.54) is 38.1 Å². The Bertz CT molecular complexity index is 1430. The summed E-state index contributed by atoms with van der Waals surface area (Å²) in [7, 11) is 2.97. The summed E-state index contributed by atoms with van der Waals surface area (Å²) in [6.07, 6.45) is 0. The van der Waals surface area contributed by atoms with Gasteiger partial charge in [-0.05, 0) is 54.1 Å². The molecule has 2 N–H and O–H groups in total. The highest BCUT2D eigenvalue weighted by atomic mass is 79.9. The van der Waals surface area contributed by atoms with Crippen LogP contribution in [0.3, 0.4) is 0 Å². The van der Waals surface area contributed by atoms with Crippen LogP contribution < -0.4 is 20.1 Å². The number of hydrogen-bond donors (Lipinski definition) is 2. The van der Waals surface area contributed by atoms with E-state index in [9.17, 15) is 14.0 Å². The van der Waals surface area contributed by atoms with Crippen LogP contribution in [0.5, 0.6) is 11.5 Å². The van der Waals surface area contributed by atoms with Gasteiger partial charge in [0.25, 0.3) is 5.91 Å². The molecule has 0 spiro atoms. The van der Waals surface area contributed by atoms with E-state index in [2.05, 4.69) is 26.6 Å². The van der Waals surface area contributed by atoms with Crippen LogP contribution in [-0.4, -0.2) is 26.0 Å². The summed E-state index contributed by atoms with van der Waals surface area (Å²) in [6.45, 7) is 0. The molecule has 0 fully saturated rings. The highest BCUT2D eigenvalue weighted by Crippen LogP contribution is 2.38. The summed E-state index contributed by atoms with van der Waals surface area (Å²) in [5.41, 5.74) is 1.64. The van der Waals surface area contributed by atoms with Gasteiger partial charge in [0, 0.05) is 15.1 Å². The molecular formula is C29H24BrFN2O4S. The van der Waals surface area contributed by atoms with Gasteiger partial charge in [-0.3, -0.25) is 9.59 Å². The van der Waals surface area contributed by atoms with Crippen LogP contribution >= 0.6 is 27.7 Å². The Hall–Kier alpha value is -3.82. The van der Waals surface area contributed by atoms with Crippen molar-refractivity contribution in [3.05, 3.63) is 112 Å². The number of halogens is 2. The summed E-state index contributed by atoms with van der Waals surface area (Å²) < 4.78 is 25.7. The maximum Gasteiger partial charge on any atom is 0.263 e. The molecule has 0 aliphatic rings. The number of hydrogen-bond acceptors (Lipinski definition) is 5. The number of anilines is 2. The molecule has 194 valence electrons. The SMILES string of the molecule is COc1cccc(OC)c1C(=O)Nc1cccc(SC(C(=O)Nc2ccc(Br)cc2F)c2ccccc2)c1. The van der Waals surface area contributed by atoms with E-state index >= 15 is 0 Å². The van der Waals surface area contributed by atoms with Gasteiger partial charge in [-0.1, -0.05) is 58.4 Å². The molecule has 38 heavy (non-hydrogen) atoms. The molecule has 1 unspecified atom stereocenters. The number of nitrogens with one attached hydrogen (secondary N) is 2. The quantitative estimate of drug-likeness (QED) is 0.198. The smallest absolute Gasteiger partial charge is 0.263 e. The fourth-order valence-corrected chi connectivity index (χ4v) is 5.16. The van der Waals surface area contributed by atoms with Crippen LogP contribution in [0.1, 0.15) is 21.2 Å². The summed E-state index contributed by atoms with van der Waals surface area (Å²) in [6, 6.07) is 25.9. The van der Waals surface area contributed by atoms with Crippen molar-refractivity contribution in [2.24, 2.45) is 0 Å². The minimum Gasteiger partial charge on any atom is -0.496 e. The largest absolute Gasteiger partial charge is 0.496 e. The number of thioether (sulfide) groups is 1. The van der Waals surface area contributed by atoms with Crippen molar-refractivity contribution >= 4 is 50.9 Å². The van der Waals surface area contributed by atoms with Crippen LogP contribution in [0.2, 0.25) is 0 Å². The number of ether oxygens (including phenoxy) is 2. The number of benzene rings is 4. The number of amides is 2. The number of carbonyl (C=O) groups excluding carboxylic acids is 2. The monoisotopic (exact) mass is 594 g/mol. The third kappa shape index (κ3) is 6.54. The van der Waals surface area contributed by atoms with Crippen molar-refractivity contribution in [2.75, 3.05) is 24.9 Å². The molecule has 4 aromatic rings. The van der Waals surface area contributed by atoms with E-state index < -0.39 is 17.0 Å². The predicted octanol–water partition coefficient (Wildman–Crippen LogP) is 7.33. The van der Waals surface area contributed by atoms with Crippen molar-refractivity contribution < 1.29 is 23.5 Å². The molecule has 1 atom stereocenters. The van der Waals surface area contributed by atoms with Crippen molar-refractivity contribution in [1.29, 1.82) is 0 Å². The Kier molecular flexibility index (Phi) is 9.04. The highest BCUT2D eigenvalue weighted by molar-refractivity contribution is 9.10. The molecule has 0 radical (unpaired) electrons. The second-order valence-electron chi connectivity index (χ2n) is 8.04. The van der Waals surface area contributed by atoms with Gasteiger partial charge < -0.3 is 20.1 Å². The second kappa shape index (κ2) is 12.6. The van der Waals surface area contributed by atoms with Gasteiger partial charge in [-0.25, -0.2) is 4.39 Å². The molecule has 6 nitrogen and oxygen atoms in total. The zero-order chi connectivity index (χ0) is 27.1. The van der Waals surface area contributed by atoms with Gasteiger partial charge in [-0.15, -0.1) is 11.8 Å². The first-order valence-corrected chi connectivity index (χ1v) is 13.2. The third-order valence-corrected chi connectivity index (χ3v) is 7.27. The highest BCUT2D eigenvalue weighted by Gasteiger charge is 2.24. The van der Waals surface area contributed by atoms with Crippen LogP contribution in [-0.2, 0) is 4.79 Å². The number of rotatable bonds is 9. The van der Waals surface area contributed by atoms with Gasteiger partial charge in [0.2, 0.25) is 5.91 Å². The molecule has 0 aromatic heterocycles. The molecule has 0 bridgehead atoms. The van der Waals surface area contributed by atoms with Gasteiger partial charge in [0.1, 0.15) is 28.1 Å². The zero-order valence-corrected chi connectivity index (χ0v) is 22.9. The maximum atomic E-state index is 14.4. The topological polar surface area (TPSA) is 76.7 Å². The fourth-order valence-electron chi connectivity index (χ4n) is 3.74. The normalized spacial score (nSPS) is 11.4. The first-order valence-electron chi connectivity index (χ1n) is 11.5. The van der Waals surface area contributed by atoms with Crippen LogP contribution in [0.25, 0.3) is 0 Å². The maximum absolute atomic E-state index is 14.4. The Morgan fingerprint density at radius 1 is 0.842 bits per heavy atom. The third-order valence-electron chi connectivity index (χ3n) is 5.53. The van der Waals surface area contributed by atoms with E-state index in [4.69, 9.17) is 9.47 Å². The number of carbonyl (C=O) groups is 2. The summed E-state index contributed by atoms with van der Waals surface area (Å²) in [4.78, 5) is 27.2. The molecule has 0 saturated heterocycles. The molecule has 9 heteroatoms. The molecule has 4 aromatic carbocycles. The van der Waals surface area contributed by atoms with E-state index in [-0.39, 0.29) is 17.2 Å². The standard InChI is InChI=1S/C29H24BrFN2O4S/c1-36-24-12-7-13-25(37-2)26(24)28(34)32-20-10-6-11-21(17-20)38-27(18-8-4-3-5-9-18)29(35)33-23-15-14-19(30)16-22(23)31/h3-17,27H,1-2H3,(H,32,34)(H,33,35). The average molecular weight is 595 g/mol. The fraction of sp³-hybridized carbons (Fsp3) is 0.103. The lowest BCUT2D eigenvalue weighted by atomic mass is 10.1. The Balaban J connectivity index is 1.58. The van der Waals surface area contributed by atoms with E-state index in [0.29, 0.717) is 21.7 Å². The Morgan fingerprint density at radius 3 is 2.18 bits per heavy atom. The summed E-state index contributed by atoms with van der Waals surface area (Å²) in [5.74, 6) is -0.553. The minimum absolute atomic E-state index is 0.0894. The van der Waals surface area contributed by atoms with Gasteiger partial charge in [-0.2, -0.15) is 0 Å². The van der Waals surface area contributed by atoms with Gasteiger partial charge in [0.15, 0.2) is 0 Å². The number of methoxy groups -OCH3 is 2. The molecule has 0 aliphatic heterocycles. The molecule has 4 rings (SSSR count). The van der Waals surface area contributed by atoms with Gasteiger partial charge >= 0.3 is 0 Å². The van der Waals surface area contributed by atoms with E-state index in [1.807, 2.05) is 36.4 Å². The zero-order valence-electron chi connectivity index (χ0n) is 20.5. The Labute approximate surface area is 232 Å². The first kappa shape index (κ1) is 27.2. The molecular weight excluding hydrogens is 571 g/mol. The molecule has 0 heterocycles. The van der Waals surface area contributed by atoms with E-state index in [0.717, 1.165) is 10.5 Å². The minimum atomic E-state index is -0.681. The lowest BCUT2D eigenvalue weighted by Gasteiger charge is -2.18. The van der Waals surface area contributed by atoms with Crippen LogP contribution in [0.4, 0.5) is 15.8 Å². The van der Waals surface area contributed by atoms with Crippen molar-refractivity contribution in [3.63, 3.8) is 0 Å². The summed E-state index contributed by atoms with van der Waals surface area (Å²) >= 11 is 4.51.